The van der Waals surface area contributed by atoms with Crippen molar-refractivity contribution in [3.8, 4) is 0 Å². The number of unbranched alkanes of at least 4 members (excludes halogenated alkanes) is 43. The van der Waals surface area contributed by atoms with Gasteiger partial charge < -0.3 is 33.8 Å². The van der Waals surface area contributed by atoms with Crippen molar-refractivity contribution in [2.45, 2.75) is 414 Å². The minimum absolute atomic E-state index is 0.102. The highest BCUT2D eigenvalue weighted by molar-refractivity contribution is 7.47. The molecule has 96 heavy (non-hydrogen) atoms. The largest absolute Gasteiger partial charge is 0.472 e. The summed E-state index contributed by atoms with van der Waals surface area (Å²) in [4.78, 5) is 72.7. The van der Waals surface area contributed by atoms with Crippen LogP contribution in [0.3, 0.4) is 0 Å². The number of carbonyl (C=O) groups excluding carboxylic acids is 4. The second kappa shape index (κ2) is 67.5. The third-order valence-electron chi connectivity index (χ3n) is 17.9. The summed E-state index contributed by atoms with van der Waals surface area (Å²) in [6, 6.07) is 0. The van der Waals surface area contributed by atoms with Crippen molar-refractivity contribution < 1.29 is 80.2 Å². The lowest BCUT2D eigenvalue weighted by Gasteiger charge is -2.21. The molecule has 17 nitrogen and oxygen atoms in total. The van der Waals surface area contributed by atoms with Crippen LogP contribution in [0.5, 0.6) is 0 Å². The fourth-order valence-corrected chi connectivity index (χ4v) is 13.4. The first-order valence-corrected chi connectivity index (χ1v) is 42.8. The summed E-state index contributed by atoms with van der Waals surface area (Å²) in [7, 11) is -9.91. The maximum Gasteiger partial charge on any atom is 0.472 e. The molecule has 19 heteroatoms. The zero-order valence-electron chi connectivity index (χ0n) is 62.8. The Morgan fingerprint density at radius 3 is 0.708 bits per heavy atom. The van der Waals surface area contributed by atoms with Gasteiger partial charge in [0.05, 0.1) is 26.4 Å². The van der Waals surface area contributed by atoms with Gasteiger partial charge in [-0.1, -0.05) is 344 Å². The molecule has 0 radical (unpaired) electrons. The predicted molar refractivity (Wildman–Crippen MR) is 391 cm³/mol. The molecule has 0 saturated carbocycles. The molecule has 0 aliphatic carbocycles. The molecule has 0 amide bonds. The number of hydrogen-bond acceptors (Lipinski definition) is 15. The first-order valence-electron chi connectivity index (χ1n) is 39.8. The Balaban J connectivity index is 5.19. The van der Waals surface area contributed by atoms with Crippen LogP contribution in [-0.4, -0.2) is 96.7 Å². The number of aliphatic hydroxyl groups is 1. The van der Waals surface area contributed by atoms with Crippen molar-refractivity contribution in [3.63, 3.8) is 0 Å². The molecule has 3 N–H and O–H groups in total. The summed E-state index contributed by atoms with van der Waals surface area (Å²) in [5, 5.41) is 10.6. The molecule has 0 aliphatic rings. The Morgan fingerprint density at radius 2 is 0.479 bits per heavy atom. The molecule has 570 valence electrons. The van der Waals surface area contributed by atoms with Crippen molar-refractivity contribution in [2.75, 3.05) is 39.6 Å². The molecule has 0 spiro atoms. The van der Waals surface area contributed by atoms with Gasteiger partial charge in [-0.2, -0.15) is 0 Å². The molecule has 0 rings (SSSR count). The number of aliphatic hydroxyl groups excluding tert-OH is 1. The van der Waals surface area contributed by atoms with Crippen LogP contribution >= 0.6 is 15.6 Å². The summed E-state index contributed by atoms with van der Waals surface area (Å²) in [6.45, 7) is 11.8. The minimum Gasteiger partial charge on any atom is -0.462 e. The molecule has 5 atom stereocenters. The molecular weight excluding hydrogens is 1260 g/mol. The maximum atomic E-state index is 13.1. The van der Waals surface area contributed by atoms with Crippen LogP contribution in [-0.2, 0) is 65.4 Å². The lowest BCUT2D eigenvalue weighted by molar-refractivity contribution is -0.161. The Hall–Kier alpha value is -1.94. The van der Waals surface area contributed by atoms with E-state index in [-0.39, 0.29) is 25.7 Å². The molecular formula is C77H150O17P2. The third kappa shape index (κ3) is 70.5. The van der Waals surface area contributed by atoms with E-state index in [2.05, 4.69) is 48.5 Å². The number of phosphoric acid groups is 2. The minimum atomic E-state index is -4.96. The molecule has 0 aromatic heterocycles. The van der Waals surface area contributed by atoms with E-state index in [0.29, 0.717) is 37.5 Å². The van der Waals surface area contributed by atoms with Gasteiger partial charge in [-0.3, -0.25) is 37.3 Å². The molecule has 0 aromatic rings. The first-order chi connectivity index (χ1) is 46.2. The summed E-state index contributed by atoms with van der Waals surface area (Å²) in [5.74, 6) is 0.0741. The molecule has 0 bridgehead atoms. The molecule has 0 fully saturated rings. The van der Waals surface area contributed by atoms with E-state index in [1.165, 1.54) is 199 Å². The van der Waals surface area contributed by atoms with Crippen LogP contribution in [0.4, 0.5) is 0 Å². The van der Waals surface area contributed by atoms with E-state index in [1.807, 2.05) is 0 Å². The SMILES string of the molecule is CCCCCCCCCCCCCCCCCCC(=O)OC[C@H](COP(=O)(O)OC[C@@H](O)COP(=O)(O)OC[C@@H](COC(=O)CCCCCCCCC(C)C)OC(=O)CCCCCCCCCC(C)C)OC(=O)CCCCCCCCCCCCCCCCCCCCC(C)C. The van der Waals surface area contributed by atoms with Gasteiger partial charge in [0.25, 0.3) is 0 Å². The highest BCUT2D eigenvalue weighted by Crippen LogP contribution is 2.45. The highest BCUT2D eigenvalue weighted by atomic mass is 31.2. The van der Waals surface area contributed by atoms with Gasteiger partial charge >= 0.3 is 39.5 Å². The van der Waals surface area contributed by atoms with Gasteiger partial charge in [0.2, 0.25) is 0 Å². The van der Waals surface area contributed by atoms with Crippen LogP contribution in [0, 0.1) is 17.8 Å². The number of ether oxygens (including phenoxy) is 4. The van der Waals surface area contributed by atoms with Crippen molar-refractivity contribution in [2.24, 2.45) is 17.8 Å². The number of esters is 4. The molecule has 0 aromatic carbocycles. The van der Waals surface area contributed by atoms with Crippen LogP contribution in [0.25, 0.3) is 0 Å². The number of phosphoric ester groups is 2. The third-order valence-corrected chi connectivity index (χ3v) is 19.8. The standard InChI is InChI=1S/C77H150O17P2/c1-8-9-10-11-12-13-14-15-16-22-25-28-31-36-44-51-58-74(79)87-64-72(93-76(81)60-53-46-37-32-29-26-23-20-18-17-19-21-24-27-30-34-41-48-55-68(2)3)66-91-95(83,84)89-62-71(78)63-90-96(85,86)92-67-73(65-88-75(80)59-52-45-40-39-43-50-57-70(6)7)94-77(82)61-54-47-38-33-35-42-49-56-69(4)5/h68-73,78H,8-67H2,1-7H3,(H,83,84)(H,85,86)/t71-,72-,73-/m1/s1. The summed E-state index contributed by atoms with van der Waals surface area (Å²) in [5.41, 5.74) is 0. The summed E-state index contributed by atoms with van der Waals surface area (Å²) >= 11 is 0. The highest BCUT2D eigenvalue weighted by Gasteiger charge is 2.30. The lowest BCUT2D eigenvalue weighted by Crippen LogP contribution is -2.30. The van der Waals surface area contributed by atoms with E-state index in [1.54, 1.807) is 0 Å². The topological polar surface area (TPSA) is 237 Å². The fraction of sp³-hybridized carbons (Fsp3) is 0.948. The van der Waals surface area contributed by atoms with E-state index < -0.39 is 97.5 Å². The van der Waals surface area contributed by atoms with Crippen molar-refractivity contribution in [1.29, 1.82) is 0 Å². The number of hydrogen-bond donors (Lipinski definition) is 3. The van der Waals surface area contributed by atoms with E-state index in [4.69, 9.17) is 37.0 Å². The van der Waals surface area contributed by atoms with Crippen LogP contribution in [0.1, 0.15) is 395 Å². The second-order valence-corrected chi connectivity index (χ2v) is 32.1. The molecule has 0 aliphatic heterocycles. The Labute approximate surface area is 588 Å². The number of carbonyl (C=O) groups is 4. The van der Waals surface area contributed by atoms with Crippen molar-refractivity contribution >= 4 is 39.5 Å². The smallest absolute Gasteiger partial charge is 0.462 e. The first kappa shape index (κ1) is 94.1. The van der Waals surface area contributed by atoms with E-state index in [0.717, 1.165) is 102 Å². The summed E-state index contributed by atoms with van der Waals surface area (Å²) in [6.07, 6.45) is 54.5. The molecule has 0 heterocycles. The Kier molecular flexibility index (Phi) is 66.2. The van der Waals surface area contributed by atoms with Gasteiger partial charge in [0.1, 0.15) is 19.3 Å². The fourth-order valence-electron chi connectivity index (χ4n) is 11.8. The predicted octanol–water partition coefficient (Wildman–Crippen LogP) is 22.6. The molecule has 2 unspecified atom stereocenters. The van der Waals surface area contributed by atoms with Crippen LogP contribution in [0.2, 0.25) is 0 Å². The van der Waals surface area contributed by atoms with Gasteiger partial charge in [0, 0.05) is 25.7 Å². The monoisotopic (exact) mass is 1410 g/mol. The number of rotatable bonds is 75. The van der Waals surface area contributed by atoms with Crippen LogP contribution in [0.15, 0.2) is 0 Å². The quantitative estimate of drug-likeness (QED) is 0.0222. The molecule has 0 saturated heterocycles. The average Bonchev–Trinajstić information content (AvgIpc) is 1.50. The van der Waals surface area contributed by atoms with Gasteiger partial charge in [-0.25, -0.2) is 9.13 Å². The normalized spacial score (nSPS) is 14.1. The van der Waals surface area contributed by atoms with Crippen molar-refractivity contribution in [3.05, 3.63) is 0 Å². The van der Waals surface area contributed by atoms with Crippen molar-refractivity contribution in [1.82, 2.24) is 0 Å². The summed E-state index contributed by atoms with van der Waals surface area (Å²) < 4.78 is 68.5. The van der Waals surface area contributed by atoms with Gasteiger partial charge in [0.15, 0.2) is 12.2 Å². The van der Waals surface area contributed by atoms with E-state index in [9.17, 15) is 43.2 Å². The van der Waals surface area contributed by atoms with Crippen LogP contribution < -0.4 is 0 Å². The van der Waals surface area contributed by atoms with Gasteiger partial charge in [-0.05, 0) is 43.4 Å². The Bertz CT molecular complexity index is 1870. The maximum absolute atomic E-state index is 13.1. The zero-order chi connectivity index (χ0) is 70.9. The van der Waals surface area contributed by atoms with Gasteiger partial charge in [-0.15, -0.1) is 0 Å². The average molecular weight is 1410 g/mol. The Morgan fingerprint density at radius 1 is 0.281 bits per heavy atom. The zero-order valence-corrected chi connectivity index (χ0v) is 64.6. The van der Waals surface area contributed by atoms with E-state index >= 15 is 0 Å². The second-order valence-electron chi connectivity index (χ2n) is 29.2. The lowest BCUT2D eigenvalue weighted by atomic mass is 10.0.